The highest BCUT2D eigenvalue weighted by atomic mass is 32.2. The van der Waals surface area contributed by atoms with Crippen molar-refractivity contribution in [1.29, 1.82) is 0 Å². The van der Waals surface area contributed by atoms with Gasteiger partial charge in [0.05, 0.1) is 24.7 Å². The Bertz CT molecular complexity index is 1190. The van der Waals surface area contributed by atoms with Gasteiger partial charge in [-0.05, 0) is 62.2 Å². The minimum absolute atomic E-state index is 0.673. The largest absolute Gasteiger partial charge is 0.480 e. The van der Waals surface area contributed by atoms with Crippen LogP contribution in [-0.4, -0.2) is 30.5 Å². The van der Waals surface area contributed by atoms with Gasteiger partial charge in [-0.2, -0.15) is 5.10 Å². The first-order valence-electron chi connectivity index (χ1n) is 11.2. The number of thioether (sulfide) groups is 1. The molecule has 0 unspecified atom stereocenters. The molecule has 3 aromatic rings. The van der Waals surface area contributed by atoms with Crippen molar-refractivity contribution in [3.05, 3.63) is 102 Å². The Balaban J connectivity index is 1.47. The quantitative estimate of drug-likeness (QED) is 0.363. The van der Waals surface area contributed by atoms with Gasteiger partial charge in [-0.15, -0.1) is 11.8 Å². The molecule has 0 bridgehead atoms. The van der Waals surface area contributed by atoms with Crippen LogP contribution in [0.3, 0.4) is 0 Å². The van der Waals surface area contributed by atoms with E-state index in [9.17, 15) is 9.90 Å². The molecular formula is C27H29N3O3S. The fourth-order valence-electron chi connectivity index (χ4n) is 3.61. The Labute approximate surface area is 204 Å². The van der Waals surface area contributed by atoms with Crippen LogP contribution >= 0.6 is 11.8 Å². The number of hydrogen-bond donors (Lipinski definition) is 1. The minimum atomic E-state index is -0.870. The predicted molar refractivity (Wildman–Crippen MR) is 135 cm³/mol. The van der Waals surface area contributed by atoms with Crippen LogP contribution in [0.25, 0.3) is 5.70 Å². The summed E-state index contributed by atoms with van der Waals surface area (Å²) < 4.78 is 6.64. The molecule has 0 spiro atoms. The second-order valence-electron chi connectivity index (χ2n) is 8.74. The van der Waals surface area contributed by atoms with Gasteiger partial charge < -0.3 is 9.52 Å². The molecular weight excluding hydrogens is 446 g/mol. The SMILES string of the molecule is CC(C)(Sc1ccc(CN(Cc2cnn(C3=CC=CCC=C3)c2)Cc2ccco2)cc1)C(=O)O. The number of furan rings is 1. The molecule has 2 aromatic heterocycles. The van der Waals surface area contributed by atoms with E-state index in [1.165, 1.54) is 11.8 Å². The summed E-state index contributed by atoms with van der Waals surface area (Å²) in [5.41, 5.74) is 3.30. The number of allylic oxidation sites excluding steroid dienone is 6. The standard InChI is InChI=1S/C27H29N3O3S/c1-27(2,26(31)32)34-25-13-11-21(12-14-25)17-29(20-24-10-7-15-33-24)18-22-16-28-30(19-22)23-8-5-3-4-6-9-23/h3,5-16,19H,4,17-18,20H2,1-2H3,(H,31,32). The highest BCUT2D eigenvalue weighted by molar-refractivity contribution is 8.01. The fraction of sp³-hybridized carbons (Fsp3) is 0.259. The summed E-state index contributed by atoms with van der Waals surface area (Å²) in [4.78, 5) is 14.7. The zero-order valence-electron chi connectivity index (χ0n) is 19.4. The molecule has 0 saturated heterocycles. The Kier molecular flexibility index (Phi) is 7.55. The van der Waals surface area contributed by atoms with E-state index < -0.39 is 10.7 Å². The summed E-state index contributed by atoms with van der Waals surface area (Å²) in [6.45, 7) is 5.55. The van der Waals surface area contributed by atoms with E-state index in [4.69, 9.17) is 4.42 Å². The third-order valence-corrected chi connectivity index (χ3v) is 6.64. The summed E-state index contributed by atoms with van der Waals surface area (Å²) in [6, 6.07) is 12.0. The van der Waals surface area contributed by atoms with Crippen LogP contribution in [0, 0.1) is 0 Å². The molecule has 1 aliphatic rings. The normalized spacial score (nSPS) is 13.8. The molecule has 1 aliphatic carbocycles. The van der Waals surface area contributed by atoms with Crippen LogP contribution in [0.1, 0.15) is 37.2 Å². The van der Waals surface area contributed by atoms with Gasteiger partial charge in [-0.3, -0.25) is 9.69 Å². The van der Waals surface area contributed by atoms with Crippen molar-refractivity contribution in [2.75, 3.05) is 0 Å². The van der Waals surface area contributed by atoms with E-state index in [0.29, 0.717) is 6.54 Å². The summed E-state index contributed by atoms with van der Waals surface area (Å²) in [5, 5.41) is 13.9. The average molecular weight is 476 g/mol. The lowest BCUT2D eigenvalue weighted by Crippen LogP contribution is -2.26. The third-order valence-electron chi connectivity index (χ3n) is 5.45. The van der Waals surface area contributed by atoms with E-state index in [-0.39, 0.29) is 0 Å². The molecule has 1 N–H and O–H groups in total. The van der Waals surface area contributed by atoms with Gasteiger partial charge in [0.15, 0.2) is 0 Å². The van der Waals surface area contributed by atoms with Gasteiger partial charge in [0.1, 0.15) is 10.5 Å². The number of carboxylic acid groups (broad SMARTS) is 1. The highest BCUT2D eigenvalue weighted by Gasteiger charge is 2.28. The van der Waals surface area contributed by atoms with Crippen molar-refractivity contribution >= 4 is 23.4 Å². The molecule has 1 aromatic carbocycles. The first-order valence-corrected chi connectivity index (χ1v) is 12.0. The van der Waals surface area contributed by atoms with Crippen LogP contribution in [0.5, 0.6) is 0 Å². The number of carboxylic acids is 1. The number of hydrogen-bond acceptors (Lipinski definition) is 5. The molecule has 2 heterocycles. The zero-order chi connectivity index (χ0) is 24.0. The number of aliphatic carboxylic acids is 1. The predicted octanol–water partition coefficient (Wildman–Crippen LogP) is 5.99. The Hall–Kier alpha value is -3.29. The maximum absolute atomic E-state index is 11.4. The maximum Gasteiger partial charge on any atom is 0.319 e. The van der Waals surface area contributed by atoms with Crippen LogP contribution in [0.2, 0.25) is 0 Å². The second-order valence-corrected chi connectivity index (χ2v) is 10.4. The number of nitrogens with zero attached hydrogens (tertiary/aromatic N) is 3. The molecule has 4 rings (SSSR count). The first-order chi connectivity index (χ1) is 16.4. The van der Waals surface area contributed by atoms with E-state index in [1.54, 1.807) is 20.1 Å². The van der Waals surface area contributed by atoms with E-state index >= 15 is 0 Å². The molecule has 0 radical (unpaired) electrons. The van der Waals surface area contributed by atoms with Gasteiger partial charge >= 0.3 is 5.97 Å². The Morgan fingerprint density at radius 1 is 1.15 bits per heavy atom. The van der Waals surface area contributed by atoms with Gasteiger partial charge in [0, 0.05) is 29.7 Å². The van der Waals surface area contributed by atoms with Gasteiger partial charge in [0.2, 0.25) is 0 Å². The summed E-state index contributed by atoms with van der Waals surface area (Å²) >= 11 is 1.35. The molecule has 7 heteroatoms. The molecule has 0 saturated carbocycles. The molecule has 0 aliphatic heterocycles. The smallest absolute Gasteiger partial charge is 0.319 e. The summed E-state index contributed by atoms with van der Waals surface area (Å²) in [6.07, 6.45) is 17.0. The number of benzene rings is 1. The van der Waals surface area contributed by atoms with Crippen molar-refractivity contribution in [2.24, 2.45) is 0 Å². The van der Waals surface area contributed by atoms with Crippen LogP contribution in [-0.2, 0) is 24.4 Å². The van der Waals surface area contributed by atoms with E-state index in [1.807, 2.05) is 35.1 Å². The molecule has 0 fully saturated rings. The third kappa shape index (κ3) is 6.40. The topological polar surface area (TPSA) is 71.5 Å². The van der Waals surface area contributed by atoms with Crippen molar-refractivity contribution < 1.29 is 14.3 Å². The van der Waals surface area contributed by atoms with Crippen molar-refractivity contribution in [2.45, 2.75) is 49.5 Å². The van der Waals surface area contributed by atoms with Gasteiger partial charge in [0.25, 0.3) is 0 Å². The number of rotatable bonds is 10. The Morgan fingerprint density at radius 3 is 2.68 bits per heavy atom. The number of aromatic nitrogens is 2. The van der Waals surface area contributed by atoms with E-state index in [2.05, 4.69) is 58.7 Å². The zero-order valence-corrected chi connectivity index (χ0v) is 20.2. The van der Waals surface area contributed by atoms with Crippen LogP contribution in [0.15, 0.2) is 94.7 Å². The number of carbonyl (C=O) groups is 1. The van der Waals surface area contributed by atoms with Crippen molar-refractivity contribution in [3.63, 3.8) is 0 Å². The van der Waals surface area contributed by atoms with Gasteiger partial charge in [-0.1, -0.05) is 30.4 Å². The van der Waals surface area contributed by atoms with E-state index in [0.717, 1.165) is 47.0 Å². The van der Waals surface area contributed by atoms with Crippen molar-refractivity contribution in [1.82, 2.24) is 14.7 Å². The lowest BCUT2D eigenvalue weighted by atomic mass is 10.2. The molecule has 6 nitrogen and oxygen atoms in total. The molecule has 176 valence electrons. The second kappa shape index (κ2) is 10.8. The minimum Gasteiger partial charge on any atom is -0.480 e. The van der Waals surface area contributed by atoms with Crippen LogP contribution < -0.4 is 0 Å². The van der Waals surface area contributed by atoms with Gasteiger partial charge in [-0.25, -0.2) is 4.68 Å². The molecule has 0 atom stereocenters. The highest BCUT2D eigenvalue weighted by Crippen LogP contribution is 2.32. The Morgan fingerprint density at radius 2 is 1.94 bits per heavy atom. The summed E-state index contributed by atoms with van der Waals surface area (Å²) in [5.74, 6) is 0.0835. The fourth-order valence-corrected chi connectivity index (χ4v) is 4.56. The average Bonchev–Trinajstić information content (AvgIpc) is 3.41. The summed E-state index contributed by atoms with van der Waals surface area (Å²) in [7, 11) is 0. The lowest BCUT2D eigenvalue weighted by molar-refractivity contribution is -0.138. The van der Waals surface area contributed by atoms with Crippen molar-refractivity contribution in [3.8, 4) is 0 Å². The maximum atomic E-state index is 11.4. The molecule has 0 amide bonds. The first kappa shape index (κ1) is 23.9. The van der Waals surface area contributed by atoms with Crippen LogP contribution in [0.4, 0.5) is 0 Å². The molecule has 34 heavy (non-hydrogen) atoms. The monoisotopic (exact) mass is 475 g/mol. The lowest BCUT2D eigenvalue weighted by Gasteiger charge is -2.21.